The third kappa shape index (κ3) is 3.06. The molecule has 0 aliphatic carbocycles. The number of carbonyl (C=O) groups is 2. The molecule has 3 rings (SSSR count). The fraction of sp³-hybridized carbons (Fsp3) is 0.400. The van der Waals surface area contributed by atoms with E-state index in [1.54, 1.807) is 19.2 Å². The molecule has 0 spiro atoms. The molecule has 1 N–H and O–H groups in total. The van der Waals surface area contributed by atoms with E-state index in [9.17, 15) is 14.7 Å². The number of aliphatic carboxylic acids is 1. The normalized spacial score (nSPS) is 15.8. The third-order valence-electron chi connectivity index (χ3n) is 4.87. The number of methoxy groups -OCH3 is 1. The van der Waals surface area contributed by atoms with E-state index >= 15 is 0 Å². The lowest BCUT2D eigenvalue weighted by Gasteiger charge is -2.11. The van der Waals surface area contributed by atoms with Crippen LogP contribution in [-0.4, -0.2) is 28.5 Å². The second-order valence-electron chi connectivity index (χ2n) is 6.41. The summed E-state index contributed by atoms with van der Waals surface area (Å²) in [6.45, 7) is 2.67. The summed E-state index contributed by atoms with van der Waals surface area (Å²) < 4.78 is 7.24. The van der Waals surface area contributed by atoms with Crippen molar-refractivity contribution in [2.45, 2.75) is 45.1 Å². The van der Waals surface area contributed by atoms with Crippen molar-refractivity contribution in [3.05, 3.63) is 52.8 Å². The molecule has 1 aromatic heterocycles. The van der Waals surface area contributed by atoms with Crippen LogP contribution in [0.4, 0.5) is 0 Å². The van der Waals surface area contributed by atoms with Crippen LogP contribution in [0.3, 0.4) is 0 Å². The second kappa shape index (κ2) is 7.13. The highest BCUT2D eigenvalue weighted by Crippen LogP contribution is 2.35. The van der Waals surface area contributed by atoms with Gasteiger partial charge in [0.15, 0.2) is 0 Å². The minimum Gasteiger partial charge on any atom is -0.496 e. The first-order chi connectivity index (χ1) is 12.1. The van der Waals surface area contributed by atoms with E-state index in [0.717, 1.165) is 30.5 Å². The van der Waals surface area contributed by atoms with Gasteiger partial charge in [-0.2, -0.15) is 0 Å². The number of para-hydroxylation sites is 1. The van der Waals surface area contributed by atoms with Crippen molar-refractivity contribution >= 4 is 11.8 Å². The van der Waals surface area contributed by atoms with Crippen molar-refractivity contribution < 1.29 is 19.4 Å². The van der Waals surface area contributed by atoms with Crippen LogP contribution < -0.4 is 4.74 Å². The zero-order chi connectivity index (χ0) is 18.0. The van der Waals surface area contributed by atoms with Crippen LogP contribution in [0, 0.1) is 0 Å². The van der Waals surface area contributed by atoms with Gasteiger partial charge in [0, 0.05) is 12.2 Å². The number of carboxylic acids is 1. The van der Waals surface area contributed by atoms with Gasteiger partial charge >= 0.3 is 5.97 Å². The van der Waals surface area contributed by atoms with E-state index in [1.165, 1.54) is 0 Å². The van der Waals surface area contributed by atoms with Gasteiger partial charge in [0.25, 0.3) is 0 Å². The molecule has 0 fully saturated rings. The number of nitrogens with zero attached hydrogens (tertiary/aromatic N) is 1. The number of ether oxygens (including phenoxy) is 1. The molecule has 1 aliphatic rings. The van der Waals surface area contributed by atoms with Crippen LogP contribution in [0.2, 0.25) is 0 Å². The van der Waals surface area contributed by atoms with E-state index in [4.69, 9.17) is 4.74 Å². The lowest BCUT2D eigenvalue weighted by molar-refractivity contribution is -0.138. The molecule has 1 aromatic carbocycles. The van der Waals surface area contributed by atoms with Gasteiger partial charge in [-0.25, -0.2) is 0 Å². The maximum atomic E-state index is 13.3. The minimum atomic E-state index is -0.824. The molecule has 1 atom stereocenters. The van der Waals surface area contributed by atoms with Gasteiger partial charge in [-0.05, 0) is 43.0 Å². The predicted molar refractivity (Wildman–Crippen MR) is 94.5 cm³/mol. The summed E-state index contributed by atoms with van der Waals surface area (Å²) in [5, 5.41) is 9.46. The summed E-state index contributed by atoms with van der Waals surface area (Å²) in [5.74, 6) is -0.910. The molecule has 0 radical (unpaired) electrons. The van der Waals surface area contributed by atoms with Crippen LogP contribution in [0.25, 0.3) is 0 Å². The fourth-order valence-corrected chi connectivity index (χ4v) is 3.60. The van der Waals surface area contributed by atoms with E-state index in [2.05, 4.69) is 6.92 Å². The monoisotopic (exact) mass is 341 g/mol. The summed E-state index contributed by atoms with van der Waals surface area (Å²) in [4.78, 5) is 24.8. The van der Waals surface area contributed by atoms with E-state index in [1.807, 2.05) is 22.8 Å². The lowest BCUT2D eigenvalue weighted by Crippen LogP contribution is -2.12. The number of carboxylic acid groups (broad SMARTS) is 1. The van der Waals surface area contributed by atoms with Gasteiger partial charge in [-0.15, -0.1) is 0 Å². The molecule has 1 aliphatic heterocycles. The number of aryl methyl sites for hydroxylation is 1. The first-order valence-electron chi connectivity index (χ1n) is 8.71. The van der Waals surface area contributed by atoms with Crippen LogP contribution in [-0.2, 0) is 17.8 Å². The average Bonchev–Trinajstić information content (AvgIpc) is 3.17. The summed E-state index contributed by atoms with van der Waals surface area (Å²) >= 11 is 0. The molecular formula is C20H23NO4. The Labute approximate surface area is 147 Å². The van der Waals surface area contributed by atoms with Crippen molar-refractivity contribution in [1.29, 1.82) is 0 Å². The highest BCUT2D eigenvalue weighted by atomic mass is 16.5. The van der Waals surface area contributed by atoms with Gasteiger partial charge in [-0.3, -0.25) is 9.59 Å². The van der Waals surface area contributed by atoms with Gasteiger partial charge in [0.1, 0.15) is 5.75 Å². The standard InChI is InChI=1S/C20H23NO4/c1-3-4-7-13-12-16-14(20(23)24)10-11-21(16)18(13)19(22)15-8-5-6-9-17(15)25-2/h5-6,8-9,12,14H,3-4,7,10-11H2,1-2H3,(H,23,24). The van der Waals surface area contributed by atoms with Crippen LogP contribution in [0.5, 0.6) is 5.75 Å². The number of ketones is 1. The molecule has 1 unspecified atom stereocenters. The first kappa shape index (κ1) is 17.3. The second-order valence-corrected chi connectivity index (χ2v) is 6.41. The largest absolute Gasteiger partial charge is 0.496 e. The van der Waals surface area contributed by atoms with Crippen molar-refractivity contribution in [1.82, 2.24) is 4.57 Å². The Balaban J connectivity index is 2.09. The topological polar surface area (TPSA) is 68.5 Å². The molecule has 0 bridgehead atoms. The Morgan fingerprint density at radius 2 is 2.08 bits per heavy atom. The number of carbonyl (C=O) groups excluding carboxylic acids is 1. The van der Waals surface area contributed by atoms with Gasteiger partial charge in [-0.1, -0.05) is 25.5 Å². The smallest absolute Gasteiger partial charge is 0.312 e. The van der Waals surface area contributed by atoms with Crippen LogP contribution in [0.1, 0.15) is 59.4 Å². The summed E-state index contributed by atoms with van der Waals surface area (Å²) in [6, 6.07) is 9.09. The van der Waals surface area contributed by atoms with Crippen molar-refractivity contribution in [3.63, 3.8) is 0 Å². The van der Waals surface area contributed by atoms with Crippen molar-refractivity contribution in [2.24, 2.45) is 0 Å². The zero-order valence-electron chi connectivity index (χ0n) is 14.6. The minimum absolute atomic E-state index is 0.0964. The molecule has 5 heteroatoms. The molecule has 25 heavy (non-hydrogen) atoms. The number of benzene rings is 1. The maximum absolute atomic E-state index is 13.3. The van der Waals surface area contributed by atoms with Crippen molar-refractivity contribution in [2.75, 3.05) is 7.11 Å². The summed E-state index contributed by atoms with van der Waals surface area (Å²) in [7, 11) is 1.55. The van der Waals surface area contributed by atoms with E-state index in [0.29, 0.717) is 30.0 Å². The first-order valence-corrected chi connectivity index (χ1v) is 8.71. The molecular weight excluding hydrogens is 318 g/mol. The fourth-order valence-electron chi connectivity index (χ4n) is 3.60. The van der Waals surface area contributed by atoms with Crippen LogP contribution in [0.15, 0.2) is 30.3 Å². The summed E-state index contributed by atoms with van der Waals surface area (Å²) in [5.41, 5.74) is 2.83. The van der Waals surface area contributed by atoms with Gasteiger partial charge in [0.05, 0.1) is 24.3 Å². The molecule has 0 amide bonds. The van der Waals surface area contributed by atoms with Gasteiger partial charge < -0.3 is 14.4 Å². The molecule has 0 saturated carbocycles. The lowest BCUT2D eigenvalue weighted by atomic mass is 9.99. The molecule has 5 nitrogen and oxygen atoms in total. The number of fused-ring (bicyclic) bond motifs is 1. The van der Waals surface area contributed by atoms with Crippen molar-refractivity contribution in [3.8, 4) is 5.75 Å². The van der Waals surface area contributed by atoms with E-state index < -0.39 is 11.9 Å². The number of hydrogen-bond donors (Lipinski definition) is 1. The predicted octanol–water partition coefficient (Wildman–Crippen LogP) is 3.64. The van der Waals surface area contributed by atoms with Crippen LogP contribution >= 0.6 is 0 Å². The summed E-state index contributed by atoms with van der Waals surface area (Å²) in [6.07, 6.45) is 3.29. The molecule has 0 saturated heterocycles. The molecule has 2 aromatic rings. The Hall–Kier alpha value is -2.56. The Kier molecular flexibility index (Phi) is 4.93. The average molecular weight is 341 g/mol. The SMILES string of the molecule is CCCCc1cc2n(c1C(=O)c1ccccc1OC)CCC2C(=O)O. The quantitative estimate of drug-likeness (QED) is 0.781. The Morgan fingerprint density at radius 3 is 2.76 bits per heavy atom. The highest BCUT2D eigenvalue weighted by Gasteiger charge is 2.34. The van der Waals surface area contributed by atoms with E-state index in [-0.39, 0.29) is 5.78 Å². The molecule has 132 valence electrons. The number of hydrogen-bond acceptors (Lipinski definition) is 3. The third-order valence-corrected chi connectivity index (χ3v) is 4.87. The molecule has 2 heterocycles. The number of unbranched alkanes of at least 4 members (excludes halogenated alkanes) is 1. The zero-order valence-corrected chi connectivity index (χ0v) is 14.6. The Morgan fingerprint density at radius 1 is 1.32 bits per heavy atom. The highest BCUT2D eigenvalue weighted by molar-refractivity contribution is 6.11. The van der Waals surface area contributed by atoms with Gasteiger partial charge in [0.2, 0.25) is 5.78 Å². The number of rotatable bonds is 7. The maximum Gasteiger partial charge on any atom is 0.312 e. The Bertz CT molecular complexity index is 806. The number of aromatic nitrogens is 1.